The Morgan fingerprint density at radius 1 is 1.20 bits per heavy atom. The molecule has 9 nitrogen and oxygen atoms in total. The lowest BCUT2D eigenvalue weighted by molar-refractivity contribution is 0.0827. The second kappa shape index (κ2) is 11.3. The maximum atomic E-state index is 12.0. The highest BCUT2D eigenvalue weighted by Gasteiger charge is 2.09. The number of aromatic amines is 1. The van der Waals surface area contributed by atoms with Crippen LogP contribution in [0.2, 0.25) is 0 Å². The van der Waals surface area contributed by atoms with Crippen LogP contribution in [-0.2, 0) is 13.1 Å². The summed E-state index contributed by atoms with van der Waals surface area (Å²) in [5.74, 6) is 2.45. The van der Waals surface area contributed by atoms with Gasteiger partial charge in [-0.15, -0.1) is 29.1 Å². The lowest BCUT2D eigenvalue weighted by Crippen LogP contribution is -2.37. The van der Waals surface area contributed by atoms with Crippen LogP contribution in [0.5, 0.6) is 0 Å². The van der Waals surface area contributed by atoms with E-state index >= 15 is 0 Å². The van der Waals surface area contributed by atoms with Crippen LogP contribution in [0, 0.1) is 0 Å². The molecule has 0 unspecified atom stereocenters. The van der Waals surface area contributed by atoms with Crippen molar-refractivity contribution < 1.29 is 9.21 Å². The second-order valence-corrected chi connectivity index (χ2v) is 6.53. The Hall–Kier alpha value is -2.89. The number of H-pyrrole nitrogens is 1. The van der Waals surface area contributed by atoms with Crippen molar-refractivity contribution in [2.75, 3.05) is 20.6 Å². The molecule has 3 N–H and O–H groups in total. The van der Waals surface area contributed by atoms with Crippen LogP contribution in [0.3, 0.4) is 0 Å². The summed E-state index contributed by atoms with van der Waals surface area (Å²) in [6, 6.07) is 11.1. The number of rotatable bonds is 7. The fourth-order valence-electron chi connectivity index (χ4n) is 2.58. The van der Waals surface area contributed by atoms with Crippen molar-refractivity contribution in [1.29, 1.82) is 0 Å². The molecule has 0 bridgehead atoms. The minimum absolute atomic E-state index is 0. The van der Waals surface area contributed by atoms with E-state index in [1.54, 1.807) is 31.3 Å². The summed E-state index contributed by atoms with van der Waals surface area (Å²) in [7, 11) is 3.47. The highest BCUT2D eigenvalue weighted by Crippen LogP contribution is 2.14. The monoisotopic (exact) mass is 523 g/mol. The van der Waals surface area contributed by atoms with Crippen LogP contribution in [0.15, 0.2) is 52.1 Å². The van der Waals surface area contributed by atoms with Crippen molar-refractivity contribution in [3.05, 3.63) is 59.6 Å². The number of nitrogens with zero attached hydrogens (tertiary/aromatic N) is 4. The van der Waals surface area contributed by atoms with Gasteiger partial charge in [-0.1, -0.05) is 12.1 Å². The van der Waals surface area contributed by atoms with Gasteiger partial charge in [0.25, 0.3) is 5.91 Å². The first-order valence-corrected chi connectivity index (χ1v) is 9.34. The Labute approximate surface area is 192 Å². The highest BCUT2D eigenvalue weighted by molar-refractivity contribution is 14.0. The summed E-state index contributed by atoms with van der Waals surface area (Å²) in [5.41, 5.74) is 1.67. The molecule has 0 spiro atoms. The molecule has 1 amide bonds. The summed E-state index contributed by atoms with van der Waals surface area (Å²) in [4.78, 5) is 22.5. The third-order valence-corrected chi connectivity index (χ3v) is 4.07. The number of aliphatic imine (C=N–C) groups is 1. The van der Waals surface area contributed by atoms with Crippen molar-refractivity contribution in [2.24, 2.45) is 4.99 Å². The largest absolute Gasteiger partial charge is 0.461 e. The highest BCUT2D eigenvalue weighted by atomic mass is 127. The molecule has 3 aromatic rings. The molecule has 0 atom stereocenters. The van der Waals surface area contributed by atoms with Gasteiger partial charge in [0.1, 0.15) is 5.82 Å². The van der Waals surface area contributed by atoms with Crippen molar-refractivity contribution >= 4 is 35.8 Å². The van der Waals surface area contributed by atoms with Crippen LogP contribution in [-0.4, -0.2) is 52.6 Å². The maximum Gasteiger partial charge on any atom is 0.253 e. The SMILES string of the molecule is CCNC(=NCc1ccc(C(=O)N(C)C)cc1)NCc1nc(-c2ccco2)n[nH]1.I. The fourth-order valence-corrected chi connectivity index (χ4v) is 2.58. The van der Waals surface area contributed by atoms with Crippen LogP contribution < -0.4 is 10.6 Å². The normalized spacial score (nSPS) is 11.0. The molecule has 10 heteroatoms. The van der Waals surface area contributed by atoms with Crippen molar-refractivity contribution in [2.45, 2.75) is 20.0 Å². The van der Waals surface area contributed by atoms with Gasteiger partial charge in [0.2, 0.25) is 5.82 Å². The molecule has 30 heavy (non-hydrogen) atoms. The third kappa shape index (κ3) is 6.31. The topological polar surface area (TPSA) is 111 Å². The molecule has 0 aliphatic heterocycles. The van der Waals surface area contributed by atoms with Crippen molar-refractivity contribution in [3.63, 3.8) is 0 Å². The summed E-state index contributed by atoms with van der Waals surface area (Å²) >= 11 is 0. The lowest BCUT2D eigenvalue weighted by Gasteiger charge is -2.11. The Balaban J connectivity index is 0.00000320. The van der Waals surface area contributed by atoms with E-state index in [1.165, 1.54) is 0 Å². The number of nitrogens with one attached hydrogen (secondary N) is 3. The van der Waals surface area contributed by atoms with E-state index in [-0.39, 0.29) is 29.9 Å². The van der Waals surface area contributed by atoms with Gasteiger partial charge in [-0.25, -0.2) is 9.98 Å². The number of carbonyl (C=O) groups is 1. The first-order chi connectivity index (χ1) is 14.1. The van der Waals surface area contributed by atoms with Crippen LogP contribution >= 0.6 is 24.0 Å². The first-order valence-electron chi connectivity index (χ1n) is 9.34. The van der Waals surface area contributed by atoms with E-state index in [4.69, 9.17) is 4.42 Å². The van der Waals surface area contributed by atoms with Gasteiger partial charge in [0.05, 0.1) is 19.4 Å². The zero-order valence-electron chi connectivity index (χ0n) is 17.2. The summed E-state index contributed by atoms with van der Waals surface area (Å²) in [6.45, 7) is 3.66. The summed E-state index contributed by atoms with van der Waals surface area (Å²) < 4.78 is 5.30. The van der Waals surface area contributed by atoms with Gasteiger partial charge >= 0.3 is 0 Å². The second-order valence-electron chi connectivity index (χ2n) is 6.53. The van der Waals surface area contributed by atoms with Gasteiger partial charge in [0, 0.05) is 26.2 Å². The van der Waals surface area contributed by atoms with Crippen LogP contribution in [0.1, 0.15) is 28.7 Å². The van der Waals surface area contributed by atoms with E-state index in [0.717, 1.165) is 12.1 Å². The van der Waals surface area contributed by atoms with E-state index in [9.17, 15) is 4.79 Å². The predicted octanol–water partition coefficient (Wildman–Crippen LogP) is 2.64. The Bertz CT molecular complexity index is 950. The number of hydrogen-bond donors (Lipinski definition) is 3. The number of aromatic nitrogens is 3. The molecule has 160 valence electrons. The lowest BCUT2D eigenvalue weighted by atomic mass is 10.1. The van der Waals surface area contributed by atoms with Gasteiger partial charge in [-0.3, -0.25) is 9.89 Å². The fraction of sp³-hybridized carbons (Fsp3) is 0.300. The zero-order valence-corrected chi connectivity index (χ0v) is 19.5. The third-order valence-electron chi connectivity index (χ3n) is 4.07. The van der Waals surface area contributed by atoms with Crippen molar-refractivity contribution in [1.82, 2.24) is 30.7 Å². The number of guanidine groups is 1. The first kappa shape index (κ1) is 23.4. The molecule has 0 aliphatic carbocycles. The number of benzene rings is 1. The predicted molar refractivity (Wildman–Crippen MR) is 126 cm³/mol. The van der Waals surface area contributed by atoms with Crippen LogP contribution in [0.4, 0.5) is 0 Å². The molecule has 0 radical (unpaired) electrons. The van der Waals surface area contributed by atoms with E-state index in [2.05, 4.69) is 30.8 Å². The zero-order chi connectivity index (χ0) is 20.6. The molecule has 2 aromatic heterocycles. The molecule has 0 saturated carbocycles. The number of amides is 1. The quantitative estimate of drug-likeness (QED) is 0.250. The molecule has 3 rings (SSSR count). The molecule has 0 aliphatic rings. The maximum absolute atomic E-state index is 12.0. The van der Waals surface area contributed by atoms with Crippen molar-refractivity contribution in [3.8, 4) is 11.6 Å². The minimum Gasteiger partial charge on any atom is -0.461 e. The molecule has 1 aromatic carbocycles. The Morgan fingerprint density at radius 3 is 2.60 bits per heavy atom. The summed E-state index contributed by atoms with van der Waals surface area (Å²) in [6.07, 6.45) is 1.59. The minimum atomic E-state index is -0.0176. The molecule has 0 fully saturated rings. The number of halogens is 1. The number of furan rings is 1. The summed E-state index contributed by atoms with van der Waals surface area (Å²) in [5, 5.41) is 13.5. The Morgan fingerprint density at radius 2 is 1.97 bits per heavy atom. The van der Waals surface area contributed by atoms with Gasteiger partial charge in [-0.2, -0.15) is 0 Å². The smallest absolute Gasteiger partial charge is 0.253 e. The van der Waals surface area contributed by atoms with E-state index < -0.39 is 0 Å². The van der Waals surface area contributed by atoms with Gasteiger partial charge in [0.15, 0.2) is 11.7 Å². The van der Waals surface area contributed by atoms with E-state index in [0.29, 0.717) is 42.0 Å². The molecular weight excluding hydrogens is 497 g/mol. The van der Waals surface area contributed by atoms with Gasteiger partial charge < -0.3 is 20.0 Å². The van der Waals surface area contributed by atoms with Gasteiger partial charge in [-0.05, 0) is 36.8 Å². The molecule has 2 heterocycles. The van der Waals surface area contributed by atoms with Crippen LogP contribution in [0.25, 0.3) is 11.6 Å². The Kier molecular flexibility index (Phi) is 8.84. The molecule has 0 saturated heterocycles. The average Bonchev–Trinajstić information content (AvgIpc) is 3.41. The number of carbonyl (C=O) groups excluding carboxylic acids is 1. The number of hydrogen-bond acceptors (Lipinski definition) is 5. The van der Waals surface area contributed by atoms with E-state index in [1.807, 2.05) is 37.3 Å². The standard InChI is InChI=1S/C20H25N7O2.HI/c1-4-21-20(22-12-14-7-9-15(10-8-14)19(28)27(2)3)23-13-17-24-18(26-25-17)16-6-5-11-29-16;/h5-11H,4,12-13H2,1-3H3,(H2,21,22,23)(H,24,25,26);1H. The average molecular weight is 523 g/mol. The molecular formula is C20H26IN7O2.